The zero-order valence-electron chi connectivity index (χ0n) is 11.2. The van der Waals surface area contributed by atoms with Crippen LogP contribution in [-0.2, 0) is 5.60 Å². The van der Waals surface area contributed by atoms with Gasteiger partial charge in [-0.2, -0.15) is 0 Å². The Hall–Kier alpha value is -0.610. The molecule has 0 spiro atoms. The number of hydrogen-bond donors (Lipinski definition) is 1. The SMILES string of the molecule is Cc1nc(N2CCCC(C)C2)sc1C(C)(C)O. The first-order valence-corrected chi connectivity index (χ1v) is 7.15. The third kappa shape index (κ3) is 2.80. The number of nitrogens with zero attached hydrogens (tertiary/aromatic N) is 2. The van der Waals surface area contributed by atoms with Crippen LogP contribution in [-0.4, -0.2) is 23.2 Å². The van der Waals surface area contributed by atoms with Crippen molar-refractivity contribution in [1.29, 1.82) is 0 Å². The fraction of sp³-hybridized carbons (Fsp3) is 0.769. The molecule has 2 rings (SSSR count). The maximum Gasteiger partial charge on any atom is 0.185 e. The van der Waals surface area contributed by atoms with Crippen molar-refractivity contribution in [3.63, 3.8) is 0 Å². The summed E-state index contributed by atoms with van der Waals surface area (Å²) in [5.41, 5.74) is 0.192. The van der Waals surface area contributed by atoms with Crippen LogP contribution < -0.4 is 4.90 Å². The Labute approximate surface area is 107 Å². The number of piperidine rings is 1. The number of aromatic nitrogens is 1. The molecule has 1 unspecified atom stereocenters. The summed E-state index contributed by atoms with van der Waals surface area (Å²) in [4.78, 5) is 7.97. The lowest BCUT2D eigenvalue weighted by atomic mass is 10.0. The van der Waals surface area contributed by atoms with Gasteiger partial charge in [0.05, 0.1) is 16.2 Å². The molecule has 4 heteroatoms. The number of anilines is 1. The van der Waals surface area contributed by atoms with Crippen LogP contribution in [0, 0.1) is 12.8 Å². The molecule has 1 saturated heterocycles. The van der Waals surface area contributed by atoms with Gasteiger partial charge in [0.25, 0.3) is 0 Å². The van der Waals surface area contributed by atoms with E-state index in [4.69, 9.17) is 0 Å². The van der Waals surface area contributed by atoms with Gasteiger partial charge in [0.15, 0.2) is 5.13 Å². The zero-order valence-corrected chi connectivity index (χ0v) is 12.0. The van der Waals surface area contributed by atoms with Crippen LogP contribution in [0.25, 0.3) is 0 Å². The molecule has 1 atom stereocenters. The van der Waals surface area contributed by atoms with Crippen molar-refractivity contribution in [1.82, 2.24) is 4.98 Å². The quantitative estimate of drug-likeness (QED) is 0.881. The molecule has 1 aliphatic rings. The maximum atomic E-state index is 10.1. The van der Waals surface area contributed by atoms with Gasteiger partial charge in [-0.25, -0.2) is 4.98 Å². The Morgan fingerprint density at radius 2 is 2.18 bits per heavy atom. The van der Waals surface area contributed by atoms with Gasteiger partial charge in [0.2, 0.25) is 0 Å². The van der Waals surface area contributed by atoms with Gasteiger partial charge in [-0.1, -0.05) is 18.3 Å². The van der Waals surface area contributed by atoms with Crippen molar-refractivity contribution in [2.75, 3.05) is 18.0 Å². The molecule has 1 N–H and O–H groups in total. The van der Waals surface area contributed by atoms with Crippen molar-refractivity contribution >= 4 is 16.5 Å². The minimum absolute atomic E-state index is 0.749. The Kier molecular flexibility index (Phi) is 3.46. The van der Waals surface area contributed by atoms with Crippen molar-refractivity contribution in [2.24, 2.45) is 5.92 Å². The lowest BCUT2D eigenvalue weighted by Gasteiger charge is -2.30. The maximum absolute atomic E-state index is 10.1. The van der Waals surface area contributed by atoms with E-state index in [0.29, 0.717) is 0 Å². The smallest absolute Gasteiger partial charge is 0.185 e. The van der Waals surface area contributed by atoms with Gasteiger partial charge in [-0.05, 0) is 39.5 Å². The molecule has 0 bridgehead atoms. The normalized spacial score (nSPS) is 21.9. The van der Waals surface area contributed by atoms with Gasteiger partial charge >= 0.3 is 0 Å². The molecule has 0 aliphatic carbocycles. The van der Waals surface area contributed by atoms with Gasteiger partial charge in [-0.15, -0.1) is 0 Å². The molecule has 3 nitrogen and oxygen atoms in total. The largest absolute Gasteiger partial charge is 0.385 e. The molecule has 1 aromatic heterocycles. The third-order valence-corrected chi connectivity index (χ3v) is 4.80. The number of hydrogen-bond acceptors (Lipinski definition) is 4. The highest BCUT2D eigenvalue weighted by atomic mass is 32.1. The minimum atomic E-state index is -0.776. The molecule has 0 aromatic carbocycles. The second-order valence-corrected chi connectivity index (χ2v) is 6.64. The van der Waals surface area contributed by atoms with E-state index in [1.165, 1.54) is 12.8 Å². The lowest BCUT2D eigenvalue weighted by Crippen LogP contribution is -2.34. The highest BCUT2D eigenvalue weighted by Crippen LogP contribution is 2.35. The summed E-state index contributed by atoms with van der Waals surface area (Å²) < 4.78 is 0. The lowest BCUT2D eigenvalue weighted by molar-refractivity contribution is 0.0817. The Bertz CT molecular complexity index is 395. The van der Waals surface area contributed by atoms with Gasteiger partial charge < -0.3 is 10.0 Å². The molecular weight excluding hydrogens is 232 g/mol. The molecular formula is C13H22N2OS. The topological polar surface area (TPSA) is 36.4 Å². The third-order valence-electron chi connectivity index (χ3n) is 3.27. The highest BCUT2D eigenvalue weighted by Gasteiger charge is 2.26. The summed E-state index contributed by atoms with van der Waals surface area (Å²) in [6.45, 7) is 10.1. The van der Waals surface area contributed by atoms with E-state index in [1.807, 2.05) is 20.8 Å². The second kappa shape index (κ2) is 4.58. The number of rotatable bonds is 2. The average molecular weight is 254 g/mol. The predicted molar refractivity (Wildman–Crippen MR) is 72.7 cm³/mol. The first-order valence-electron chi connectivity index (χ1n) is 6.33. The van der Waals surface area contributed by atoms with Crippen LogP contribution in [0.1, 0.15) is 44.2 Å². The van der Waals surface area contributed by atoms with E-state index in [-0.39, 0.29) is 0 Å². The Morgan fingerprint density at radius 3 is 2.71 bits per heavy atom. The summed E-state index contributed by atoms with van der Waals surface area (Å²) in [5, 5.41) is 11.2. The number of thiazole rings is 1. The number of aliphatic hydroxyl groups is 1. The van der Waals surface area contributed by atoms with E-state index in [0.717, 1.165) is 34.7 Å². The van der Waals surface area contributed by atoms with E-state index in [1.54, 1.807) is 11.3 Å². The molecule has 0 radical (unpaired) electrons. The van der Waals surface area contributed by atoms with E-state index >= 15 is 0 Å². The van der Waals surface area contributed by atoms with Crippen LogP contribution in [0.4, 0.5) is 5.13 Å². The van der Waals surface area contributed by atoms with E-state index < -0.39 is 5.60 Å². The van der Waals surface area contributed by atoms with Crippen LogP contribution in [0.3, 0.4) is 0 Å². The van der Waals surface area contributed by atoms with Gasteiger partial charge in [-0.3, -0.25) is 0 Å². The Balaban J connectivity index is 2.22. The second-order valence-electron chi connectivity index (χ2n) is 5.66. The van der Waals surface area contributed by atoms with Crippen molar-refractivity contribution in [2.45, 2.75) is 46.1 Å². The van der Waals surface area contributed by atoms with E-state index in [2.05, 4.69) is 16.8 Å². The van der Waals surface area contributed by atoms with Gasteiger partial charge in [0, 0.05) is 13.1 Å². The van der Waals surface area contributed by atoms with Crippen LogP contribution in [0.5, 0.6) is 0 Å². The highest BCUT2D eigenvalue weighted by molar-refractivity contribution is 7.15. The molecule has 0 saturated carbocycles. The molecule has 1 aromatic rings. The predicted octanol–water partition coefficient (Wildman–Crippen LogP) is 2.92. The van der Waals surface area contributed by atoms with Crippen molar-refractivity contribution < 1.29 is 5.11 Å². The summed E-state index contributed by atoms with van der Waals surface area (Å²) in [6.07, 6.45) is 2.57. The van der Waals surface area contributed by atoms with Gasteiger partial charge in [0.1, 0.15) is 0 Å². The van der Waals surface area contributed by atoms with Crippen LogP contribution >= 0.6 is 11.3 Å². The Morgan fingerprint density at radius 1 is 1.47 bits per heavy atom. The summed E-state index contributed by atoms with van der Waals surface area (Å²) in [7, 11) is 0. The monoisotopic (exact) mass is 254 g/mol. The average Bonchev–Trinajstić information content (AvgIpc) is 2.60. The zero-order chi connectivity index (χ0) is 12.6. The molecule has 1 aliphatic heterocycles. The summed E-state index contributed by atoms with van der Waals surface area (Å²) in [5.74, 6) is 0.749. The first-order chi connectivity index (χ1) is 7.88. The molecule has 96 valence electrons. The number of aryl methyl sites for hydroxylation is 1. The van der Waals surface area contributed by atoms with Crippen LogP contribution in [0.15, 0.2) is 0 Å². The standard InChI is InChI=1S/C13H22N2OS/c1-9-6-5-7-15(8-9)12-14-10(2)11(17-12)13(3,4)16/h9,16H,5-8H2,1-4H3. The fourth-order valence-electron chi connectivity index (χ4n) is 2.45. The fourth-order valence-corrected chi connectivity index (χ4v) is 3.55. The first kappa shape index (κ1) is 12.8. The van der Waals surface area contributed by atoms with Crippen LogP contribution in [0.2, 0.25) is 0 Å². The molecule has 2 heterocycles. The van der Waals surface area contributed by atoms with Crippen molar-refractivity contribution in [3.8, 4) is 0 Å². The van der Waals surface area contributed by atoms with E-state index in [9.17, 15) is 5.11 Å². The van der Waals surface area contributed by atoms with Crippen molar-refractivity contribution in [3.05, 3.63) is 10.6 Å². The summed E-state index contributed by atoms with van der Waals surface area (Å²) >= 11 is 1.64. The molecule has 17 heavy (non-hydrogen) atoms. The molecule has 0 amide bonds. The minimum Gasteiger partial charge on any atom is -0.385 e. The molecule has 1 fully saturated rings. The summed E-state index contributed by atoms with van der Waals surface area (Å²) in [6, 6.07) is 0.